The predicted octanol–water partition coefficient (Wildman–Crippen LogP) is 6.71. The van der Waals surface area contributed by atoms with Gasteiger partial charge >= 0.3 is 12.3 Å². The van der Waals surface area contributed by atoms with Gasteiger partial charge in [-0.3, -0.25) is 9.59 Å². The molecule has 44 heavy (non-hydrogen) atoms. The molecule has 0 aromatic heterocycles. The molecule has 234 valence electrons. The summed E-state index contributed by atoms with van der Waals surface area (Å²) >= 11 is 6.09. The van der Waals surface area contributed by atoms with Crippen molar-refractivity contribution in [3.63, 3.8) is 0 Å². The van der Waals surface area contributed by atoms with Crippen molar-refractivity contribution in [1.29, 1.82) is 0 Å². The number of nitrogens with zero attached hydrogens (tertiary/aromatic N) is 1. The number of alkyl halides is 3. The molecule has 1 heterocycles. The second kappa shape index (κ2) is 12.8. The minimum Gasteiger partial charge on any atom is -0.497 e. The van der Waals surface area contributed by atoms with E-state index in [-0.39, 0.29) is 36.5 Å². The van der Waals surface area contributed by atoms with E-state index in [2.05, 4.69) is 10.1 Å². The normalized spacial score (nSPS) is 18.1. The number of benzene rings is 3. The lowest BCUT2D eigenvalue weighted by Gasteiger charge is -2.33. The van der Waals surface area contributed by atoms with Crippen molar-refractivity contribution < 1.29 is 46.1 Å². The fourth-order valence-electron chi connectivity index (χ4n) is 5.39. The maximum atomic E-state index is 14.4. The van der Waals surface area contributed by atoms with E-state index in [1.54, 1.807) is 42.5 Å². The van der Waals surface area contributed by atoms with E-state index in [4.69, 9.17) is 25.8 Å². The van der Waals surface area contributed by atoms with Crippen molar-refractivity contribution in [2.24, 2.45) is 11.8 Å². The first-order valence-electron chi connectivity index (χ1n) is 13.8. The Morgan fingerprint density at radius 2 is 1.75 bits per heavy atom. The molecular weight excluding hydrogens is 608 g/mol. The van der Waals surface area contributed by atoms with E-state index in [1.807, 2.05) is 0 Å². The lowest BCUT2D eigenvalue weighted by molar-refractivity contribution is -0.275. The largest absolute Gasteiger partial charge is 0.573 e. The quantitative estimate of drug-likeness (QED) is 0.196. The van der Waals surface area contributed by atoms with Gasteiger partial charge in [-0.25, -0.2) is 4.39 Å². The van der Waals surface area contributed by atoms with Crippen LogP contribution in [0, 0.1) is 17.7 Å². The van der Waals surface area contributed by atoms with Crippen molar-refractivity contribution in [2.75, 3.05) is 37.6 Å². The first-order valence-corrected chi connectivity index (χ1v) is 14.1. The zero-order chi connectivity index (χ0) is 31.6. The summed E-state index contributed by atoms with van der Waals surface area (Å²) < 4.78 is 73.2. The summed E-state index contributed by atoms with van der Waals surface area (Å²) in [5.74, 6) is -1.97. The highest BCUT2D eigenvalue weighted by Crippen LogP contribution is 2.39. The van der Waals surface area contributed by atoms with Gasteiger partial charge in [-0.05, 0) is 54.5 Å². The van der Waals surface area contributed by atoms with Gasteiger partial charge in [0.25, 0.3) is 5.91 Å². The fraction of sp³-hybridized carbons (Fsp3) is 0.355. The van der Waals surface area contributed by atoms with Crippen LogP contribution in [-0.4, -0.2) is 45.6 Å². The third-order valence-electron chi connectivity index (χ3n) is 7.65. The lowest BCUT2D eigenvalue weighted by Crippen LogP contribution is -2.37. The number of halogens is 5. The summed E-state index contributed by atoms with van der Waals surface area (Å²) in [6.45, 7) is 0.484. The number of methoxy groups -OCH3 is 2. The van der Waals surface area contributed by atoms with Gasteiger partial charge in [0, 0.05) is 41.5 Å². The van der Waals surface area contributed by atoms with E-state index in [0.717, 1.165) is 12.1 Å². The zero-order valence-corrected chi connectivity index (χ0v) is 24.5. The molecule has 3 aromatic carbocycles. The standard InChI is InChI=1S/C31H29ClF4N2O6/c1-41-23-12-22(13-24(14-23)43-16-17-9-20(10-17)30(40)42-2)37-28(18-3-5-21(32)6-4-18)29(39)38-8-7-19-11-25(33)27(15-26(19)38)44-31(34,35)36/h3-6,11-15,17,20,28,37H,7-10,16H2,1-2H3/t17-,20+,28?. The first-order chi connectivity index (χ1) is 20.9. The molecule has 1 amide bonds. The Morgan fingerprint density at radius 3 is 2.41 bits per heavy atom. The molecule has 5 rings (SSSR count). The molecule has 0 radical (unpaired) electrons. The number of hydrogen-bond donors (Lipinski definition) is 1. The average Bonchev–Trinajstić information content (AvgIpc) is 3.36. The molecule has 1 aliphatic heterocycles. The number of anilines is 2. The maximum absolute atomic E-state index is 14.4. The monoisotopic (exact) mass is 636 g/mol. The highest BCUT2D eigenvalue weighted by molar-refractivity contribution is 6.30. The van der Waals surface area contributed by atoms with E-state index in [0.29, 0.717) is 52.8 Å². The van der Waals surface area contributed by atoms with Crippen LogP contribution in [-0.2, 0) is 20.7 Å². The number of rotatable bonds is 10. The van der Waals surface area contributed by atoms with Crippen LogP contribution in [0.15, 0.2) is 54.6 Å². The summed E-state index contributed by atoms with van der Waals surface area (Å²) in [5.41, 5.74) is 1.49. The average molecular weight is 637 g/mol. The number of carbonyl (C=O) groups is 2. The number of hydrogen-bond acceptors (Lipinski definition) is 7. The molecule has 0 bridgehead atoms. The molecule has 2 aliphatic rings. The van der Waals surface area contributed by atoms with Gasteiger partial charge in [0.15, 0.2) is 11.6 Å². The molecule has 1 atom stereocenters. The number of fused-ring (bicyclic) bond motifs is 1. The third-order valence-corrected chi connectivity index (χ3v) is 7.91. The zero-order valence-electron chi connectivity index (χ0n) is 23.8. The molecule has 1 N–H and O–H groups in total. The molecule has 13 heteroatoms. The number of ether oxygens (including phenoxy) is 4. The molecule has 3 aromatic rings. The smallest absolute Gasteiger partial charge is 0.497 e. The first kappa shape index (κ1) is 31.2. The van der Waals surface area contributed by atoms with Gasteiger partial charge in [-0.2, -0.15) is 0 Å². The van der Waals surface area contributed by atoms with Crippen LogP contribution in [0.4, 0.5) is 28.9 Å². The van der Waals surface area contributed by atoms with E-state index < -0.39 is 29.9 Å². The predicted molar refractivity (Wildman–Crippen MR) is 154 cm³/mol. The number of esters is 1. The lowest BCUT2D eigenvalue weighted by atomic mass is 9.75. The summed E-state index contributed by atoms with van der Waals surface area (Å²) in [7, 11) is 2.85. The molecular formula is C31H29ClF4N2O6. The van der Waals surface area contributed by atoms with Gasteiger partial charge in [-0.1, -0.05) is 23.7 Å². The van der Waals surface area contributed by atoms with Crippen LogP contribution in [0.1, 0.15) is 30.0 Å². The van der Waals surface area contributed by atoms with Gasteiger partial charge in [0.1, 0.15) is 17.5 Å². The Kier molecular flexibility index (Phi) is 9.10. The second-order valence-corrected chi connectivity index (χ2v) is 11.0. The summed E-state index contributed by atoms with van der Waals surface area (Å²) in [6.07, 6.45) is -3.55. The minimum atomic E-state index is -5.11. The Balaban J connectivity index is 1.40. The highest BCUT2D eigenvalue weighted by Gasteiger charge is 2.37. The van der Waals surface area contributed by atoms with Crippen molar-refractivity contribution >= 4 is 34.9 Å². The van der Waals surface area contributed by atoms with Crippen LogP contribution < -0.4 is 24.4 Å². The number of nitrogens with one attached hydrogen (secondary N) is 1. The molecule has 1 unspecified atom stereocenters. The summed E-state index contributed by atoms with van der Waals surface area (Å²) in [5, 5.41) is 3.65. The number of carbonyl (C=O) groups excluding carboxylic acids is 2. The molecule has 1 fully saturated rings. The van der Waals surface area contributed by atoms with Crippen LogP contribution in [0.2, 0.25) is 5.02 Å². The Hall–Kier alpha value is -4.19. The van der Waals surface area contributed by atoms with Crippen LogP contribution in [0.25, 0.3) is 0 Å². The van der Waals surface area contributed by atoms with E-state index >= 15 is 0 Å². The van der Waals surface area contributed by atoms with Gasteiger partial charge in [0.05, 0.1) is 32.4 Å². The molecule has 1 aliphatic carbocycles. The summed E-state index contributed by atoms with van der Waals surface area (Å²) in [6, 6.07) is 12.4. The number of amides is 1. The van der Waals surface area contributed by atoms with Crippen molar-refractivity contribution in [2.45, 2.75) is 31.7 Å². The van der Waals surface area contributed by atoms with Gasteiger partial charge < -0.3 is 29.2 Å². The van der Waals surface area contributed by atoms with Crippen molar-refractivity contribution in [3.8, 4) is 17.2 Å². The molecule has 8 nitrogen and oxygen atoms in total. The minimum absolute atomic E-state index is 0.120. The topological polar surface area (TPSA) is 86.3 Å². The van der Waals surface area contributed by atoms with Crippen LogP contribution in [0.5, 0.6) is 17.2 Å². The Labute approximate surface area is 255 Å². The molecule has 0 spiro atoms. The third kappa shape index (κ3) is 7.12. The Bertz CT molecular complexity index is 1530. The SMILES string of the molecule is COc1cc(NC(C(=O)N2CCc3cc(F)c(OC(F)(F)F)cc32)c2ccc(Cl)cc2)cc(OC[C@H]2C[C@@H](C(=O)OC)C2)c1. The second-order valence-electron chi connectivity index (χ2n) is 10.6. The van der Waals surface area contributed by atoms with E-state index in [9.17, 15) is 27.2 Å². The van der Waals surface area contributed by atoms with E-state index in [1.165, 1.54) is 19.1 Å². The molecule has 0 saturated heterocycles. The van der Waals surface area contributed by atoms with Gasteiger partial charge in [-0.15, -0.1) is 13.2 Å². The van der Waals surface area contributed by atoms with Crippen molar-refractivity contribution in [1.82, 2.24) is 0 Å². The van der Waals surface area contributed by atoms with Gasteiger partial charge in [0.2, 0.25) is 0 Å². The van der Waals surface area contributed by atoms with Crippen LogP contribution in [0.3, 0.4) is 0 Å². The summed E-state index contributed by atoms with van der Waals surface area (Å²) in [4.78, 5) is 27.1. The molecule has 1 saturated carbocycles. The fourth-order valence-corrected chi connectivity index (χ4v) is 5.51. The Morgan fingerprint density at radius 1 is 1.05 bits per heavy atom. The van der Waals surface area contributed by atoms with Crippen molar-refractivity contribution in [3.05, 3.63) is 76.6 Å². The highest BCUT2D eigenvalue weighted by atomic mass is 35.5. The maximum Gasteiger partial charge on any atom is 0.573 e. The van der Waals surface area contributed by atoms with Crippen LogP contribution >= 0.6 is 11.6 Å².